The zero-order valence-electron chi connectivity index (χ0n) is 12.5. The van der Waals surface area contributed by atoms with Gasteiger partial charge in [0.1, 0.15) is 0 Å². The van der Waals surface area contributed by atoms with Crippen molar-refractivity contribution >= 4 is 22.7 Å². The number of hydrogen-bond acceptors (Lipinski definition) is 5. The minimum absolute atomic E-state index is 0.0882. The number of imidazole rings is 1. The minimum atomic E-state index is -0.381. The summed E-state index contributed by atoms with van der Waals surface area (Å²) < 4.78 is 0. The van der Waals surface area contributed by atoms with Gasteiger partial charge in [0.15, 0.2) is 0 Å². The van der Waals surface area contributed by atoms with Gasteiger partial charge in [0.05, 0.1) is 16.0 Å². The molecule has 1 aromatic heterocycles. The van der Waals surface area contributed by atoms with E-state index in [0.29, 0.717) is 23.6 Å². The zero-order valence-corrected chi connectivity index (χ0v) is 12.5. The van der Waals surface area contributed by atoms with Crippen molar-refractivity contribution in [2.45, 2.75) is 43.8 Å². The predicted octanol–water partition coefficient (Wildman–Crippen LogP) is 2.19. The van der Waals surface area contributed by atoms with Crippen LogP contribution in [-0.4, -0.2) is 40.1 Å². The standard InChI is InChI=1S/C15H19N5O2/c1-19(12-6-9-2-3-10(7-12)16-9)15-17-13-5-4-11(20(21)22)8-14(13)18-15/h4-5,8-10,12,16H,2-3,6-7H2,1H3,(H,17,18). The van der Waals surface area contributed by atoms with Crippen LogP contribution in [0, 0.1) is 10.1 Å². The molecule has 2 aromatic rings. The van der Waals surface area contributed by atoms with Crippen LogP contribution < -0.4 is 10.2 Å². The Morgan fingerprint density at radius 2 is 2.05 bits per heavy atom. The van der Waals surface area contributed by atoms with Crippen LogP contribution in [0.5, 0.6) is 0 Å². The molecular weight excluding hydrogens is 282 g/mol. The van der Waals surface area contributed by atoms with Gasteiger partial charge in [-0.25, -0.2) is 4.98 Å². The largest absolute Gasteiger partial charge is 0.342 e. The Hall–Kier alpha value is -2.15. The fourth-order valence-corrected chi connectivity index (χ4v) is 3.78. The fourth-order valence-electron chi connectivity index (χ4n) is 3.78. The number of nitrogens with one attached hydrogen (secondary N) is 2. The Balaban J connectivity index is 1.61. The first-order chi connectivity index (χ1) is 10.6. The zero-order chi connectivity index (χ0) is 15.3. The highest BCUT2D eigenvalue weighted by Crippen LogP contribution is 2.31. The van der Waals surface area contributed by atoms with Gasteiger partial charge in [-0.3, -0.25) is 10.1 Å². The molecule has 2 atom stereocenters. The number of aromatic amines is 1. The highest BCUT2D eigenvalue weighted by Gasteiger charge is 2.35. The van der Waals surface area contributed by atoms with Crippen LogP contribution in [-0.2, 0) is 0 Å². The molecule has 7 heteroatoms. The van der Waals surface area contributed by atoms with Gasteiger partial charge in [0, 0.05) is 37.3 Å². The van der Waals surface area contributed by atoms with Crippen molar-refractivity contribution in [3.63, 3.8) is 0 Å². The van der Waals surface area contributed by atoms with E-state index in [-0.39, 0.29) is 10.6 Å². The number of benzene rings is 1. The summed E-state index contributed by atoms with van der Waals surface area (Å²) in [7, 11) is 2.06. The molecule has 0 radical (unpaired) electrons. The fraction of sp³-hybridized carbons (Fsp3) is 0.533. The first-order valence-electron chi connectivity index (χ1n) is 7.73. The lowest BCUT2D eigenvalue weighted by Gasteiger charge is -2.35. The molecule has 7 nitrogen and oxygen atoms in total. The van der Waals surface area contributed by atoms with Crippen molar-refractivity contribution in [3.8, 4) is 0 Å². The molecule has 2 saturated heterocycles. The van der Waals surface area contributed by atoms with Crippen molar-refractivity contribution in [2.75, 3.05) is 11.9 Å². The number of nitrogens with zero attached hydrogens (tertiary/aromatic N) is 3. The summed E-state index contributed by atoms with van der Waals surface area (Å²) in [6.45, 7) is 0. The van der Waals surface area contributed by atoms with E-state index in [1.807, 2.05) is 0 Å². The van der Waals surface area contributed by atoms with Crippen molar-refractivity contribution in [2.24, 2.45) is 0 Å². The van der Waals surface area contributed by atoms with Gasteiger partial charge in [-0.1, -0.05) is 0 Å². The lowest BCUT2D eigenvalue weighted by Crippen LogP contribution is -2.47. The van der Waals surface area contributed by atoms with Gasteiger partial charge in [0.2, 0.25) is 5.95 Å². The number of hydrogen-bond donors (Lipinski definition) is 2. The Morgan fingerprint density at radius 3 is 2.73 bits per heavy atom. The maximum atomic E-state index is 10.9. The van der Waals surface area contributed by atoms with Crippen LogP contribution >= 0.6 is 0 Å². The highest BCUT2D eigenvalue weighted by atomic mass is 16.6. The van der Waals surface area contributed by atoms with E-state index >= 15 is 0 Å². The third-order valence-corrected chi connectivity index (χ3v) is 4.99. The smallest absolute Gasteiger partial charge is 0.271 e. The second kappa shape index (κ2) is 4.95. The minimum Gasteiger partial charge on any atom is -0.342 e. The molecule has 22 heavy (non-hydrogen) atoms. The molecule has 2 N–H and O–H groups in total. The summed E-state index contributed by atoms with van der Waals surface area (Å²) in [6, 6.07) is 6.46. The third-order valence-electron chi connectivity index (χ3n) is 4.99. The van der Waals surface area contributed by atoms with Crippen molar-refractivity contribution in [1.82, 2.24) is 15.3 Å². The average molecular weight is 301 g/mol. The van der Waals surface area contributed by atoms with E-state index in [1.165, 1.54) is 18.9 Å². The number of rotatable bonds is 3. The summed E-state index contributed by atoms with van der Waals surface area (Å²) in [4.78, 5) is 20.5. The second-order valence-electron chi connectivity index (χ2n) is 6.39. The van der Waals surface area contributed by atoms with Crippen LogP contribution in [0.1, 0.15) is 25.7 Å². The van der Waals surface area contributed by atoms with Crippen molar-refractivity contribution < 1.29 is 4.92 Å². The van der Waals surface area contributed by atoms with Crippen molar-refractivity contribution in [3.05, 3.63) is 28.3 Å². The van der Waals surface area contributed by atoms with Gasteiger partial charge in [-0.15, -0.1) is 0 Å². The number of piperidine rings is 1. The van der Waals surface area contributed by atoms with Gasteiger partial charge >= 0.3 is 0 Å². The van der Waals surface area contributed by atoms with Gasteiger partial charge in [-0.2, -0.15) is 0 Å². The number of non-ortho nitro benzene ring substituents is 1. The summed E-state index contributed by atoms with van der Waals surface area (Å²) in [5.74, 6) is 0.793. The summed E-state index contributed by atoms with van der Waals surface area (Å²) >= 11 is 0. The van der Waals surface area contributed by atoms with Crippen LogP contribution in [0.25, 0.3) is 11.0 Å². The van der Waals surface area contributed by atoms with Crippen LogP contribution in [0.2, 0.25) is 0 Å². The van der Waals surface area contributed by atoms with Crippen LogP contribution in [0.3, 0.4) is 0 Å². The Labute approximate surface area is 127 Å². The van der Waals surface area contributed by atoms with Crippen molar-refractivity contribution in [1.29, 1.82) is 0 Å². The molecule has 2 aliphatic heterocycles. The molecule has 3 heterocycles. The Kier molecular flexibility index (Phi) is 3.04. The molecule has 2 aliphatic rings. The molecule has 2 unspecified atom stereocenters. The monoisotopic (exact) mass is 301 g/mol. The average Bonchev–Trinajstić information content (AvgIpc) is 3.08. The maximum Gasteiger partial charge on any atom is 0.271 e. The number of fused-ring (bicyclic) bond motifs is 3. The first kappa shape index (κ1) is 13.5. The highest BCUT2D eigenvalue weighted by molar-refractivity contribution is 5.80. The lowest BCUT2D eigenvalue weighted by molar-refractivity contribution is -0.384. The molecular formula is C15H19N5O2. The van der Waals surface area contributed by atoms with E-state index in [0.717, 1.165) is 24.3 Å². The van der Waals surface area contributed by atoms with E-state index in [9.17, 15) is 10.1 Å². The van der Waals surface area contributed by atoms with Gasteiger partial charge < -0.3 is 15.2 Å². The third kappa shape index (κ3) is 2.21. The summed E-state index contributed by atoms with van der Waals surface area (Å²) in [6.07, 6.45) is 4.79. The molecule has 4 rings (SSSR count). The topological polar surface area (TPSA) is 87.1 Å². The Morgan fingerprint density at radius 1 is 1.32 bits per heavy atom. The molecule has 0 aliphatic carbocycles. The number of nitro benzene ring substituents is 1. The Bertz CT molecular complexity index is 716. The number of anilines is 1. The molecule has 2 bridgehead atoms. The molecule has 0 saturated carbocycles. The molecule has 1 aromatic carbocycles. The molecule has 0 spiro atoms. The number of aromatic nitrogens is 2. The normalized spacial score (nSPS) is 27.2. The molecule has 2 fully saturated rings. The van der Waals surface area contributed by atoms with E-state index in [2.05, 4.69) is 27.2 Å². The lowest BCUT2D eigenvalue weighted by atomic mass is 9.99. The molecule has 116 valence electrons. The van der Waals surface area contributed by atoms with Crippen LogP contribution in [0.15, 0.2) is 18.2 Å². The molecule has 0 amide bonds. The maximum absolute atomic E-state index is 10.9. The van der Waals surface area contributed by atoms with E-state index < -0.39 is 0 Å². The van der Waals surface area contributed by atoms with Gasteiger partial charge in [-0.05, 0) is 31.7 Å². The summed E-state index contributed by atoms with van der Waals surface area (Å²) in [5, 5.41) is 14.5. The SMILES string of the molecule is CN(c1nc2ccc([N+](=O)[O-])cc2[nH]1)C1CC2CCC(C1)N2. The van der Waals surface area contributed by atoms with Gasteiger partial charge in [0.25, 0.3) is 5.69 Å². The predicted molar refractivity (Wildman–Crippen MR) is 84.1 cm³/mol. The summed E-state index contributed by atoms with van der Waals surface area (Å²) in [5.41, 5.74) is 1.57. The quantitative estimate of drug-likeness (QED) is 0.670. The van der Waals surface area contributed by atoms with E-state index in [4.69, 9.17) is 0 Å². The van der Waals surface area contributed by atoms with E-state index in [1.54, 1.807) is 12.1 Å². The van der Waals surface area contributed by atoms with Crippen LogP contribution in [0.4, 0.5) is 11.6 Å². The number of nitro groups is 1. The number of H-pyrrole nitrogens is 1. The second-order valence-corrected chi connectivity index (χ2v) is 6.39. The first-order valence-corrected chi connectivity index (χ1v) is 7.73.